The molecule has 2 aromatic carbocycles. The van der Waals surface area contributed by atoms with E-state index in [0.29, 0.717) is 22.1 Å². The van der Waals surface area contributed by atoms with Gasteiger partial charge in [0.05, 0.1) is 12.1 Å². The highest BCUT2D eigenvalue weighted by atomic mass is 35.5. The summed E-state index contributed by atoms with van der Waals surface area (Å²) < 4.78 is 7.09. The first kappa shape index (κ1) is 15.4. The van der Waals surface area contributed by atoms with Gasteiger partial charge in [0, 0.05) is 11.4 Å². The van der Waals surface area contributed by atoms with Crippen LogP contribution >= 0.6 is 11.6 Å². The Bertz CT molecular complexity index is 1030. The van der Waals surface area contributed by atoms with E-state index in [2.05, 4.69) is 20.3 Å². The monoisotopic (exact) mass is 351 g/mol. The number of imidazole rings is 1. The van der Waals surface area contributed by atoms with Crippen LogP contribution in [0, 0.1) is 0 Å². The molecule has 124 valence electrons. The maximum atomic E-state index is 6.18. The number of hydrogen-bond donors (Lipinski definition) is 1. The first-order valence-corrected chi connectivity index (χ1v) is 7.98. The molecule has 2 heterocycles. The number of ether oxygens (including phenoxy) is 1. The fourth-order valence-corrected chi connectivity index (χ4v) is 2.84. The third-order valence-electron chi connectivity index (χ3n) is 3.78. The summed E-state index contributed by atoms with van der Waals surface area (Å²) in [6.07, 6.45) is 3.25. The molecular weight excluding hydrogens is 338 g/mol. The van der Waals surface area contributed by atoms with Crippen LogP contribution in [-0.2, 0) is 0 Å². The number of rotatable bonds is 4. The van der Waals surface area contributed by atoms with E-state index in [9.17, 15) is 0 Å². The maximum absolute atomic E-state index is 6.18. The zero-order valence-electron chi connectivity index (χ0n) is 13.3. The molecule has 0 aliphatic heterocycles. The van der Waals surface area contributed by atoms with Gasteiger partial charge in [-0.15, -0.1) is 0 Å². The molecule has 0 saturated carbocycles. The standard InChI is InChI=1S/C18H14ClN5O/c1-25-15-8-7-12(9-14(15)19)23-17-16-18(21-10-20-17)24(11-22-16)13-5-3-2-4-6-13/h2-11H,1H3,(H,20,21,23). The SMILES string of the molecule is COc1ccc(Nc2ncnc3c2ncn3-c2ccccc2)cc1Cl. The van der Waals surface area contributed by atoms with E-state index in [1.807, 2.05) is 41.0 Å². The molecule has 0 fully saturated rings. The van der Waals surface area contributed by atoms with Gasteiger partial charge < -0.3 is 10.1 Å². The smallest absolute Gasteiger partial charge is 0.170 e. The lowest BCUT2D eigenvalue weighted by Gasteiger charge is -2.09. The van der Waals surface area contributed by atoms with Crippen molar-refractivity contribution in [2.45, 2.75) is 0 Å². The molecule has 0 spiro atoms. The molecule has 4 aromatic rings. The predicted octanol–water partition coefficient (Wildman–Crippen LogP) is 4.22. The Labute approximate surface area is 149 Å². The van der Waals surface area contributed by atoms with Gasteiger partial charge in [-0.3, -0.25) is 4.57 Å². The maximum Gasteiger partial charge on any atom is 0.170 e. The molecule has 0 saturated heterocycles. The number of hydrogen-bond acceptors (Lipinski definition) is 5. The van der Waals surface area contributed by atoms with Crippen LogP contribution in [0.4, 0.5) is 11.5 Å². The van der Waals surface area contributed by atoms with E-state index in [4.69, 9.17) is 16.3 Å². The first-order valence-electron chi connectivity index (χ1n) is 7.60. The molecule has 2 aromatic heterocycles. The molecule has 0 radical (unpaired) electrons. The minimum absolute atomic E-state index is 0.521. The topological polar surface area (TPSA) is 64.9 Å². The number of aromatic nitrogens is 4. The van der Waals surface area contributed by atoms with Crippen LogP contribution in [0.15, 0.2) is 61.2 Å². The van der Waals surface area contributed by atoms with Crippen LogP contribution in [0.25, 0.3) is 16.9 Å². The van der Waals surface area contributed by atoms with Gasteiger partial charge in [0.1, 0.15) is 18.4 Å². The molecule has 0 unspecified atom stereocenters. The van der Waals surface area contributed by atoms with E-state index < -0.39 is 0 Å². The van der Waals surface area contributed by atoms with Gasteiger partial charge in [0.25, 0.3) is 0 Å². The Balaban J connectivity index is 1.74. The number of nitrogens with zero attached hydrogens (tertiary/aromatic N) is 4. The average molecular weight is 352 g/mol. The molecule has 7 heteroatoms. The normalized spacial score (nSPS) is 10.8. The largest absolute Gasteiger partial charge is 0.495 e. The summed E-state index contributed by atoms with van der Waals surface area (Å²) in [5, 5.41) is 3.76. The molecule has 0 bridgehead atoms. The molecule has 0 aliphatic carbocycles. The zero-order chi connectivity index (χ0) is 17.2. The molecule has 0 amide bonds. The van der Waals surface area contributed by atoms with Crippen molar-refractivity contribution in [1.82, 2.24) is 19.5 Å². The Kier molecular flexibility index (Phi) is 3.95. The summed E-state index contributed by atoms with van der Waals surface area (Å²) in [6, 6.07) is 15.4. The summed E-state index contributed by atoms with van der Waals surface area (Å²) in [6.45, 7) is 0. The van der Waals surface area contributed by atoms with Crippen LogP contribution in [0.5, 0.6) is 5.75 Å². The highest BCUT2D eigenvalue weighted by Gasteiger charge is 2.12. The summed E-state index contributed by atoms with van der Waals surface area (Å²) in [4.78, 5) is 13.1. The Morgan fingerprint density at radius 2 is 1.88 bits per heavy atom. The molecular formula is C18H14ClN5O. The minimum Gasteiger partial charge on any atom is -0.495 e. The van der Waals surface area contributed by atoms with E-state index in [-0.39, 0.29) is 0 Å². The van der Waals surface area contributed by atoms with Crippen LogP contribution in [0.3, 0.4) is 0 Å². The number of fused-ring (bicyclic) bond motifs is 1. The van der Waals surface area contributed by atoms with Gasteiger partial charge in [-0.25, -0.2) is 15.0 Å². The van der Waals surface area contributed by atoms with Crippen molar-refractivity contribution < 1.29 is 4.74 Å². The number of halogens is 1. The lowest BCUT2D eigenvalue weighted by molar-refractivity contribution is 0.415. The zero-order valence-corrected chi connectivity index (χ0v) is 14.1. The minimum atomic E-state index is 0.521. The summed E-state index contributed by atoms with van der Waals surface area (Å²) >= 11 is 6.18. The van der Waals surface area contributed by atoms with Crippen molar-refractivity contribution in [3.8, 4) is 11.4 Å². The molecule has 4 rings (SSSR count). The molecule has 0 atom stereocenters. The van der Waals surface area contributed by atoms with Gasteiger partial charge >= 0.3 is 0 Å². The lowest BCUT2D eigenvalue weighted by atomic mass is 10.3. The predicted molar refractivity (Wildman–Crippen MR) is 97.9 cm³/mol. The average Bonchev–Trinajstić information content (AvgIpc) is 3.08. The Hall–Kier alpha value is -3.12. The van der Waals surface area contributed by atoms with Crippen molar-refractivity contribution >= 4 is 34.3 Å². The third-order valence-corrected chi connectivity index (χ3v) is 4.08. The Morgan fingerprint density at radius 1 is 1.04 bits per heavy atom. The van der Waals surface area contributed by atoms with E-state index in [1.54, 1.807) is 25.6 Å². The van der Waals surface area contributed by atoms with E-state index in [0.717, 1.165) is 17.0 Å². The molecule has 6 nitrogen and oxygen atoms in total. The molecule has 0 aliphatic rings. The van der Waals surface area contributed by atoms with Crippen molar-refractivity contribution in [2.75, 3.05) is 12.4 Å². The quantitative estimate of drug-likeness (QED) is 0.596. The third kappa shape index (κ3) is 2.88. The second-order valence-electron chi connectivity index (χ2n) is 5.32. The molecule has 1 N–H and O–H groups in total. The van der Waals surface area contributed by atoms with Gasteiger partial charge in [-0.05, 0) is 30.3 Å². The van der Waals surface area contributed by atoms with Crippen LogP contribution in [-0.4, -0.2) is 26.6 Å². The highest BCUT2D eigenvalue weighted by molar-refractivity contribution is 6.32. The lowest BCUT2D eigenvalue weighted by Crippen LogP contribution is -1.98. The van der Waals surface area contributed by atoms with Crippen molar-refractivity contribution in [3.63, 3.8) is 0 Å². The number of para-hydroxylation sites is 1. The number of benzene rings is 2. The number of anilines is 2. The second kappa shape index (κ2) is 6.41. The first-order chi connectivity index (χ1) is 12.3. The van der Waals surface area contributed by atoms with Crippen molar-refractivity contribution in [1.29, 1.82) is 0 Å². The van der Waals surface area contributed by atoms with Gasteiger partial charge in [-0.2, -0.15) is 0 Å². The summed E-state index contributed by atoms with van der Waals surface area (Å²) in [5.41, 5.74) is 3.18. The van der Waals surface area contributed by atoms with Crippen molar-refractivity contribution in [3.05, 3.63) is 66.2 Å². The fourth-order valence-electron chi connectivity index (χ4n) is 2.58. The van der Waals surface area contributed by atoms with Gasteiger partial charge in [-0.1, -0.05) is 29.8 Å². The summed E-state index contributed by atoms with van der Waals surface area (Å²) in [5.74, 6) is 1.23. The van der Waals surface area contributed by atoms with E-state index in [1.165, 1.54) is 6.33 Å². The van der Waals surface area contributed by atoms with Crippen LogP contribution in [0.2, 0.25) is 5.02 Å². The second-order valence-corrected chi connectivity index (χ2v) is 5.73. The van der Waals surface area contributed by atoms with Crippen LogP contribution < -0.4 is 10.1 Å². The number of methoxy groups -OCH3 is 1. The number of nitrogens with one attached hydrogen (secondary N) is 1. The Morgan fingerprint density at radius 3 is 2.64 bits per heavy atom. The van der Waals surface area contributed by atoms with Gasteiger partial charge in [0.15, 0.2) is 17.0 Å². The summed E-state index contributed by atoms with van der Waals surface area (Å²) in [7, 11) is 1.58. The highest BCUT2D eigenvalue weighted by Crippen LogP contribution is 2.30. The van der Waals surface area contributed by atoms with Crippen molar-refractivity contribution in [2.24, 2.45) is 0 Å². The fraction of sp³-hybridized carbons (Fsp3) is 0.0556. The molecule has 25 heavy (non-hydrogen) atoms. The van der Waals surface area contributed by atoms with Crippen LogP contribution in [0.1, 0.15) is 0 Å². The van der Waals surface area contributed by atoms with Gasteiger partial charge in [0.2, 0.25) is 0 Å². The van der Waals surface area contributed by atoms with E-state index >= 15 is 0 Å².